The predicted octanol–water partition coefficient (Wildman–Crippen LogP) is 3.01. The molecule has 4 nitrogen and oxygen atoms in total. The highest BCUT2D eigenvalue weighted by Gasteiger charge is 2.40. The number of aliphatic hydroxyl groups excluding tert-OH is 1. The van der Waals surface area contributed by atoms with Crippen molar-refractivity contribution in [3.63, 3.8) is 0 Å². The zero-order valence-corrected chi connectivity index (χ0v) is 13.9. The molecule has 1 aliphatic rings. The van der Waals surface area contributed by atoms with E-state index in [2.05, 4.69) is 26.1 Å². The Hall–Kier alpha value is -1.55. The Morgan fingerprint density at radius 3 is 2.64 bits per heavy atom. The van der Waals surface area contributed by atoms with Crippen molar-refractivity contribution in [3.8, 4) is 5.75 Å². The van der Waals surface area contributed by atoms with Crippen molar-refractivity contribution in [2.24, 2.45) is 10.8 Å². The second-order valence-electron chi connectivity index (χ2n) is 7.92. The van der Waals surface area contributed by atoms with Gasteiger partial charge in [-0.05, 0) is 49.1 Å². The van der Waals surface area contributed by atoms with Crippen LogP contribution in [0.4, 0.5) is 0 Å². The molecule has 1 fully saturated rings. The number of aliphatic hydroxyl groups is 1. The van der Waals surface area contributed by atoms with Gasteiger partial charge in [0.1, 0.15) is 5.75 Å². The first-order valence-corrected chi connectivity index (χ1v) is 7.86. The molecule has 122 valence electrons. The molecule has 1 saturated carbocycles. The number of carbonyl (C=O) groups is 1. The van der Waals surface area contributed by atoms with Crippen LogP contribution in [0.1, 0.15) is 56.0 Å². The van der Waals surface area contributed by atoms with Gasteiger partial charge in [0.15, 0.2) is 0 Å². The third kappa shape index (κ3) is 4.01. The van der Waals surface area contributed by atoms with Gasteiger partial charge < -0.3 is 15.5 Å². The zero-order valence-electron chi connectivity index (χ0n) is 13.9. The molecule has 0 bridgehead atoms. The number of benzene rings is 1. The first-order valence-electron chi connectivity index (χ1n) is 7.86. The SMILES string of the molecule is Cc1ccc(O)c(C(=O)NC[C@]2(C)C[C@@H](O)CC(C)(C)C2)c1. The van der Waals surface area contributed by atoms with E-state index in [0.29, 0.717) is 18.5 Å². The molecule has 1 aromatic rings. The number of phenols is 1. The van der Waals surface area contributed by atoms with Gasteiger partial charge in [0.05, 0.1) is 11.7 Å². The summed E-state index contributed by atoms with van der Waals surface area (Å²) in [5, 5.41) is 22.8. The highest BCUT2D eigenvalue weighted by Crippen LogP contribution is 2.45. The molecule has 1 aromatic carbocycles. The van der Waals surface area contributed by atoms with Crippen LogP contribution in [0.3, 0.4) is 0 Å². The molecule has 0 radical (unpaired) electrons. The number of phenolic OH excluding ortho intramolecular Hbond substituents is 1. The number of hydrogen-bond acceptors (Lipinski definition) is 3. The topological polar surface area (TPSA) is 69.6 Å². The Bertz CT molecular complexity index is 567. The van der Waals surface area contributed by atoms with Crippen LogP contribution in [0.15, 0.2) is 18.2 Å². The maximum Gasteiger partial charge on any atom is 0.255 e. The number of nitrogens with one attached hydrogen (secondary N) is 1. The van der Waals surface area contributed by atoms with Gasteiger partial charge in [0.25, 0.3) is 5.91 Å². The molecule has 0 spiro atoms. The molecular formula is C18H27NO3. The van der Waals surface area contributed by atoms with Crippen molar-refractivity contribution in [2.75, 3.05) is 6.54 Å². The summed E-state index contributed by atoms with van der Waals surface area (Å²) in [6, 6.07) is 5.00. The summed E-state index contributed by atoms with van der Waals surface area (Å²) < 4.78 is 0. The van der Waals surface area contributed by atoms with Crippen LogP contribution in [0.2, 0.25) is 0 Å². The summed E-state index contributed by atoms with van der Waals surface area (Å²) >= 11 is 0. The van der Waals surface area contributed by atoms with E-state index >= 15 is 0 Å². The van der Waals surface area contributed by atoms with Gasteiger partial charge >= 0.3 is 0 Å². The molecule has 0 aromatic heterocycles. The molecule has 2 atom stereocenters. The van der Waals surface area contributed by atoms with Crippen molar-refractivity contribution in [3.05, 3.63) is 29.3 Å². The first kappa shape index (κ1) is 16.8. The van der Waals surface area contributed by atoms with Crippen molar-refractivity contribution in [1.82, 2.24) is 5.32 Å². The lowest BCUT2D eigenvalue weighted by molar-refractivity contribution is -0.00840. The summed E-state index contributed by atoms with van der Waals surface area (Å²) in [4.78, 5) is 12.3. The Kier molecular flexibility index (Phi) is 4.52. The highest BCUT2D eigenvalue weighted by atomic mass is 16.3. The lowest BCUT2D eigenvalue weighted by atomic mass is 9.63. The summed E-state index contributed by atoms with van der Waals surface area (Å²) in [7, 11) is 0. The van der Waals surface area contributed by atoms with Gasteiger partial charge in [-0.1, -0.05) is 32.4 Å². The monoisotopic (exact) mass is 305 g/mol. The molecule has 0 saturated heterocycles. The Balaban J connectivity index is 2.05. The minimum Gasteiger partial charge on any atom is -0.507 e. The fraction of sp³-hybridized carbons (Fsp3) is 0.611. The molecule has 2 rings (SSSR count). The fourth-order valence-corrected chi connectivity index (χ4v) is 3.93. The highest BCUT2D eigenvalue weighted by molar-refractivity contribution is 5.97. The molecule has 1 aliphatic carbocycles. The third-order valence-electron chi connectivity index (χ3n) is 4.49. The standard InChI is InChI=1S/C18H27NO3/c1-12-5-6-15(21)14(7-12)16(22)19-11-18(4)9-13(20)8-17(2,3)10-18/h5-7,13,20-21H,8-11H2,1-4H3,(H,19,22)/t13-,18+/m0/s1. The average Bonchev–Trinajstić information content (AvgIpc) is 2.36. The zero-order chi connectivity index (χ0) is 16.5. The summed E-state index contributed by atoms with van der Waals surface area (Å²) in [6.07, 6.45) is 2.13. The van der Waals surface area contributed by atoms with E-state index in [9.17, 15) is 15.0 Å². The summed E-state index contributed by atoms with van der Waals surface area (Å²) in [6.45, 7) is 8.80. The van der Waals surface area contributed by atoms with E-state index in [1.54, 1.807) is 18.2 Å². The molecule has 0 unspecified atom stereocenters. The lowest BCUT2D eigenvalue weighted by Crippen LogP contribution is -2.45. The van der Waals surface area contributed by atoms with Crippen LogP contribution in [0.5, 0.6) is 5.75 Å². The largest absolute Gasteiger partial charge is 0.507 e. The maximum absolute atomic E-state index is 12.3. The first-order chi connectivity index (χ1) is 10.1. The predicted molar refractivity (Wildman–Crippen MR) is 86.9 cm³/mol. The number of carbonyl (C=O) groups excluding carboxylic acids is 1. The Labute approximate surface area is 132 Å². The van der Waals surface area contributed by atoms with Crippen LogP contribution in [0, 0.1) is 17.8 Å². The number of aryl methyl sites for hydroxylation is 1. The normalized spacial score (nSPS) is 27.4. The number of hydrogen-bond donors (Lipinski definition) is 3. The fourth-order valence-electron chi connectivity index (χ4n) is 3.93. The Morgan fingerprint density at radius 2 is 2.00 bits per heavy atom. The van der Waals surface area contributed by atoms with E-state index in [-0.39, 0.29) is 28.6 Å². The number of amides is 1. The third-order valence-corrected chi connectivity index (χ3v) is 4.49. The van der Waals surface area contributed by atoms with Crippen LogP contribution < -0.4 is 5.32 Å². The van der Waals surface area contributed by atoms with Crippen molar-refractivity contribution < 1.29 is 15.0 Å². The molecule has 4 heteroatoms. The van der Waals surface area contributed by atoms with E-state index in [0.717, 1.165) is 18.4 Å². The molecule has 22 heavy (non-hydrogen) atoms. The average molecular weight is 305 g/mol. The molecule has 3 N–H and O–H groups in total. The second-order valence-corrected chi connectivity index (χ2v) is 7.92. The van der Waals surface area contributed by atoms with Gasteiger partial charge in [0, 0.05) is 6.54 Å². The van der Waals surface area contributed by atoms with Gasteiger partial charge in [-0.3, -0.25) is 4.79 Å². The molecule has 0 heterocycles. The number of rotatable bonds is 3. The van der Waals surface area contributed by atoms with Crippen LogP contribution in [-0.4, -0.2) is 28.8 Å². The van der Waals surface area contributed by atoms with Crippen LogP contribution in [0.25, 0.3) is 0 Å². The van der Waals surface area contributed by atoms with E-state index in [1.165, 1.54) is 0 Å². The second kappa shape index (κ2) is 5.92. The lowest BCUT2D eigenvalue weighted by Gasteiger charge is -2.45. The van der Waals surface area contributed by atoms with Crippen molar-refractivity contribution >= 4 is 5.91 Å². The minimum absolute atomic E-state index is 0.00254. The van der Waals surface area contributed by atoms with Gasteiger partial charge in [-0.15, -0.1) is 0 Å². The molecule has 0 aliphatic heterocycles. The van der Waals surface area contributed by atoms with Gasteiger partial charge in [-0.2, -0.15) is 0 Å². The van der Waals surface area contributed by atoms with E-state index < -0.39 is 0 Å². The molecular weight excluding hydrogens is 278 g/mol. The number of aromatic hydroxyl groups is 1. The molecule has 1 amide bonds. The minimum atomic E-state index is -0.321. The van der Waals surface area contributed by atoms with Gasteiger partial charge in [0.2, 0.25) is 0 Å². The summed E-state index contributed by atoms with van der Waals surface area (Å²) in [5.74, 6) is -0.266. The van der Waals surface area contributed by atoms with Crippen LogP contribution >= 0.6 is 0 Å². The van der Waals surface area contributed by atoms with Crippen molar-refractivity contribution in [2.45, 2.75) is 53.1 Å². The summed E-state index contributed by atoms with van der Waals surface area (Å²) in [5.41, 5.74) is 1.18. The maximum atomic E-state index is 12.3. The van der Waals surface area contributed by atoms with Gasteiger partial charge in [-0.25, -0.2) is 0 Å². The Morgan fingerprint density at radius 1 is 1.32 bits per heavy atom. The smallest absolute Gasteiger partial charge is 0.255 e. The van der Waals surface area contributed by atoms with E-state index in [1.807, 2.05) is 6.92 Å². The van der Waals surface area contributed by atoms with Crippen molar-refractivity contribution in [1.29, 1.82) is 0 Å². The quantitative estimate of drug-likeness (QED) is 0.804. The van der Waals surface area contributed by atoms with E-state index in [4.69, 9.17) is 0 Å². The van der Waals surface area contributed by atoms with Crippen LogP contribution in [-0.2, 0) is 0 Å².